The van der Waals surface area contributed by atoms with E-state index in [1.807, 2.05) is 18.2 Å². The Balaban J connectivity index is 1.47. The smallest absolute Gasteiger partial charge is 0.282 e. The van der Waals surface area contributed by atoms with Gasteiger partial charge in [-0.05, 0) is 42.8 Å². The molecule has 34 heavy (non-hydrogen) atoms. The zero-order valence-corrected chi connectivity index (χ0v) is 19.5. The van der Waals surface area contributed by atoms with Crippen LogP contribution in [0.5, 0.6) is 23.0 Å². The molecule has 0 saturated carbocycles. The van der Waals surface area contributed by atoms with E-state index in [0.29, 0.717) is 34.3 Å². The van der Waals surface area contributed by atoms with Crippen LogP contribution >= 0.6 is 11.6 Å². The van der Waals surface area contributed by atoms with E-state index in [2.05, 4.69) is 4.99 Å². The predicted molar refractivity (Wildman–Crippen MR) is 127 cm³/mol. The molecule has 0 spiro atoms. The number of nitrogens with zero attached hydrogens (tertiary/aromatic N) is 2. The molecule has 0 bridgehead atoms. The minimum Gasteiger partial charge on any atom is -0.497 e. The van der Waals surface area contributed by atoms with Gasteiger partial charge in [0.15, 0.2) is 23.2 Å². The van der Waals surface area contributed by atoms with Crippen LogP contribution < -0.4 is 18.9 Å². The van der Waals surface area contributed by atoms with Gasteiger partial charge in [0.2, 0.25) is 0 Å². The highest BCUT2D eigenvalue weighted by molar-refractivity contribution is 6.33. The third-order valence-electron chi connectivity index (χ3n) is 4.88. The van der Waals surface area contributed by atoms with Crippen molar-refractivity contribution in [2.45, 2.75) is 6.92 Å². The second-order valence-electron chi connectivity index (χ2n) is 7.23. The number of amidine groups is 2. The fourth-order valence-corrected chi connectivity index (χ4v) is 3.60. The second-order valence-corrected chi connectivity index (χ2v) is 7.64. The van der Waals surface area contributed by atoms with Gasteiger partial charge in [-0.3, -0.25) is 10.2 Å². The Bertz CT molecular complexity index is 1240. The number of carbonyl (C=O) groups excluding carboxylic acids is 1. The van der Waals surface area contributed by atoms with E-state index in [9.17, 15) is 4.79 Å². The molecule has 2 aromatic carbocycles. The molecule has 2 aliphatic rings. The Morgan fingerprint density at radius 3 is 2.65 bits per heavy atom. The quantitative estimate of drug-likeness (QED) is 0.442. The normalized spacial score (nSPS) is 16.0. The number of halogens is 1. The molecule has 2 heterocycles. The first kappa shape index (κ1) is 23.2. The highest BCUT2D eigenvalue weighted by Gasteiger charge is 2.34. The van der Waals surface area contributed by atoms with Crippen molar-refractivity contribution in [2.24, 2.45) is 4.99 Å². The van der Waals surface area contributed by atoms with Crippen LogP contribution in [0.4, 0.5) is 0 Å². The number of hydrogen-bond donors (Lipinski definition) is 1. The van der Waals surface area contributed by atoms with Crippen LogP contribution in [0.2, 0.25) is 5.02 Å². The van der Waals surface area contributed by atoms with Crippen LogP contribution in [0, 0.1) is 5.41 Å². The number of hydrogen-bond acceptors (Lipinski definition) is 7. The Morgan fingerprint density at radius 2 is 1.88 bits per heavy atom. The summed E-state index contributed by atoms with van der Waals surface area (Å²) in [6.45, 7) is 2.20. The standard InChI is InChI=1S/C24H22ClN3O6/c1-14-9-21-27-24(29)18(23(26)28(21)34-14)10-15-11-19(25)22(20(12-15)31-3)33-8-7-32-17-6-4-5-16(13-17)30-2/h4-6,9-13,26H,7-8H2,1-3H3/b18-10+,26-23?. The number of carbonyl (C=O) groups is 1. The SMILES string of the molecule is COc1cccc(OCCOc2c(Cl)cc(/C=C3\C(=N)N4OC(C)=CC4=NC3=O)cc2OC)c1. The summed E-state index contributed by atoms with van der Waals surface area (Å²) in [6.07, 6.45) is 3.10. The first-order valence-corrected chi connectivity index (χ1v) is 10.6. The van der Waals surface area contributed by atoms with Gasteiger partial charge in [-0.2, -0.15) is 4.99 Å². The van der Waals surface area contributed by atoms with Crippen molar-refractivity contribution in [3.05, 3.63) is 64.4 Å². The molecule has 0 aromatic heterocycles. The van der Waals surface area contributed by atoms with E-state index in [0.717, 1.165) is 0 Å². The molecule has 0 unspecified atom stereocenters. The molecule has 0 radical (unpaired) electrons. The summed E-state index contributed by atoms with van der Waals surface area (Å²) in [4.78, 5) is 21.9. The first-order chi connectivity index (χ1) is 16.4. The van der Waals surface area contributed by atoms with E-state index in [1.54, 1.807) is 38.3 Å². The minimum atomic E-state index is -0.545. The maximum Gasteiger partial charge on any atom is 0.282 e. The molecule has 9 nitrogen and oxygen atoms in total. The average Bonchev–Trinajstić information content (AvgIpc) is 3.20. The van der Waals surface area contributed by atoms with Gasteiger partial charge in [-0.15, -0.1) is 5.06 Å². The van der Waals surface area contributed by atoms with Crippen molar-refractivity contribution in [1.29, 1.82) is 5.41 Å². The monoisotopic (exact) mass is 483 g/mol. The van der Waals surface area contributed by atoms with Crippen LogP contribution in [0.15, 0.2) is 58.8 Å². The van der Waals surface area contributed by atoms with E-state index in [-0.39, 0.29) is 35.5 Å². The van der Waals surface area contributed by atoms with Gasteiger partial charge in [-0.25, -0.2) is 0 Å². The van der Waals surface area contributed by atoms with Gasteiger partial charge >= 0.3 is 0 Å². The zero-order valence-electron chi connectivity index (χ0n) is 18.8. The number of allylic oxidation sites excluding steroid dienone is 1. The molecule has 1 N–H and O–H groups in total. The molecule has 1 amide bonds. The van der Waals surface area contributed by atoms with Gasteiger partial charge in [0, 0.05) is 12.1 Å². The maximum atomic E-state index is 12.5. The number of benzene rings is 2. The Labute approximate surface area is 201 Å². The Morgan fingerprint density at radius 1 is 1.12 bits per heavy atom. The number of rotatable bonds is 8. The van der Waals surface area contributed by atoms with Gasteiger partial charge in [0.25, 0.3) is 5.91 Å². The number of ether oxygens (including phenoxy) is 4. The number of aliphatic imine (C=N–C) groups is 1. The molecular weight excluding hydrogens is 462 g/mol. The van der Waals surface area contributed by atoms with Crippen molar-refractivity contribution < 1.29 is 28.6 Å². The van der Waals surface area contributed by atoms with Crippen LogP contribution in [-0.4, -0.2) is 50.1 Å². The zero-order chi connectivity index (χ0) is 24.2. The number of methoxy groups -OCH3 is 2. The van der Waals surface area contributed by atoms with Crippen LogP contribution in [0.25, 0.3) is 6.08 Å². The third-order valence-corrected chi connectivity index (χ3v) is 5.16. The summed E-state index contributed by atoms with van der Waals surface area (Å²) >= 11 is 6.45. The summed E-state index contributed by atoms with van der Waals surface area (Å²) in [6, 6.07) is 10.5. The van der Waals surface area contributed by atoms with Crippen molar-refractivity contribution >= 4 is 35.3 Å². The molecule has 2 aromatic rings. The van der Waals surface area contributed by atoms with Gasteiger partial charge in [0.1, 0.15) is 30.5 Å². The van der Waals surface area contributed by atoms with Crippen LogP contribution in [0.1, 0.15) is 12.5 Å². The van der Waals surface area contributed by atoms with E-state index in [4.69, 9.17) is 40.8 Å². The second kappa shape index (κ2) is 9.88. The maximum absolute atomic E-state index is 12.5. The number of fused-ring (bicyclic) bond motifs is 1. The first-order valence-electron chi connectivity index (χ1n) is 10.3. The molecule has 0 atom stereocenters. The van der Waals surface area contributed by atoms with Crippen molar-refractivity contribution in [3.8, 4) is 23.0 Å². The molecule has 176 valence electrons. The fourth-order valence-electron chi connectivity index (χ4n) is 3.32. The van der Waals surface area contributed by atoms with E-state index in [1.165, 1.54) is 18.2 Å². The van der Waals surface area contributed by atoms with Crippen molar-refractivity contribution in [1.82, 2.24) is 5.06 Å². The molecule has 0 aliphatic carbocycles. The molecule has 10 heteroatoms. The lowest BCUT2D eigenvalue weighted by molar-refractivity contribution is -0.114. The topological polar surface area (TPSA) is 103 Å². The lowest BCUT2D eigenvalue weighted by atomic mass is 10.1. The largest absolute Gasteiger partial charge is 0.497 e. The predicted octanol–water partition coefficient (Wildman–Crippen LogP) is 4.27. The van der Waals surface area contributed by atoms with E-state index < -0.39 is 5.91 Å². The molecular formula is C24H22ClN3O6. The summed E-state index contributed by atoms with van der Waals surface area (Å²) in [5, 5.41) is 9.81. The molecule has 2 aliphatic heterocycles. The lowest BCUT2D eigenvalue weighted by Gasteiger charge is -2.23. The van der Waals surface area contributed by atoms with Gasteiger partial charge < -0.3 is 23.8 Å². The highest BCUT2D eigenvalue weighted by atomic mass is 35.5. The Hall–Kier alpha value is -3.98. The molecule has 4 rings (SSSR count). The Kier molecular flexibility index (Phi) is 6.74. The molecule has 0 saturated heterocycles. The van der Waals surface area contributed by atoms with Crippen LogP contribution in [-0.2, 0) is 9.63 Å². The summed E-state index contributed by atoms with van der Waals surface area (Å²) < 4.78 is 22.1. The summed E-state index contributed by atoms with van der Waals surface area (Å²) in [7, 11) is 3.07. The van der Waals surface area contributed by atoms with Crippen molar-refractivity contribution in [3.63, 3.8) is 0 Å². The minimum absolute atomic E-state index is 0.0605. The molecule has 0 fully saturated rings. The summed E-state index contributed by atoms with van der Waals surface area (Å²) in [5.74, 6) is 2.22. The highest BCUT2D eigenvalue weighted by Crippen LogP contribution is 2.37. The van der Waals surface area contributed by atoms with Gasteiger partial charge in [-0.1, -0.05) is 17.7 Å². The third kappa shape index (κ3) is 4.84. The van der Waals surface area contributed by atoms with Gasteiger partial charge in [0.05, 0.1) is 24.8 Å². The number of nitrogens with one attached hydrogen (secondary N) is 1. The van der Waals surface area contributed by atoms with Crippen molar-refractivity contribution in [2.75, 3.05) is 27.4 Å². The fraction of sp³-hybridized carbons (Fsp3) is 0.208. The van der Waals surface area contributed by atoms with Crippen LogP contribution in [0.3, 0.4) is 0 Å². The number of amides is 1. The lowest BCUT2D eigenvalue weighted by Crippen LogP contribution is -2.38. The number of hydroxylamine groups is 2. The van der Waals surface area contributed by atoms with E-state index >= 15 is 0 Å². The average molecular weight is 484 g/mol. The summed E-state index contributed by atoms with van der Waals surface area (Å²) in [5.41, 5.74) is 0.600.